The fourth-order valence-corrected chi connectivity index (χ4v) is 2.91. The van der Waals surface area contributed by atoms with Gasteiger partial charge < -0.3 is 16.0 Å². The summed E-state index contributed by atoms with van der Waals surface area (Å²) in [7, 11) is 4.12. The summed E-state index contributed by atoms with van der Waals surface area (Å²) in [6, 6.07) is 12.5. The van der Waals surface area contributed by atoms with E-state index in [1.165, 1.54) is 10.4 Å². The molecule has 0 aliphatic rings. The van der Waals surface area contributed by atoms with E-state index >= 15 is 0 Å². The van der Waals surface area contributed by atoms with Crippen molar-refractivity contribution in [2.45, 2.75) is 13.0 Å². The Kier molecular flexibility index (Phi) is 5.36. The number of aliphatic imine (C=N–C) groups is 1. The Labute approximate surface area is 130 Å². The first kappa shape index (κ1) is 15.5. The molecule has 0 saturated heterocycles. The Morgan fingerprint density at radius 1 is 1.29 bits per heavy atom. The zero-order chi connectivity index (χ0) is 15.2. The summed E-state index contributed by atoms with van der Waals surface area (Å²) in [4.78, 5) is 7.93. The smallest absolute Gasteiger partial charge is 0.193 e. The molecule has 0 aliphatic heterocycles. The summed E-state index contributed by atoms with van der Waals surface area (Å²) in [5, 5.41) is 5.21. The molecule has 0 radical (unpaired) electrons. The number of rotatable bonds is 5. The Balaban J connectivity index is 1.99. The van der Waals surface area contributed by atoms with E-state index in [2.05, 4.69) is 53.7 Å². The van der Waals surface area contributed by atoms with Gasteiger partial charge in [0.1, 0.15) is 0 Å². The fourth-order valence-electron chi connectivity index (χ4n) is 2.00. The number of benzene rings is 1. The lowest BCUT2D eigenvalue weighted by Gasteiger charge is -2.21. The molecule has 0 amide bonds. The first-order valence-electron chi connectivity index (χ1n) is 6.89. The van der Waals surface area contributed by atoms with Crippen molar-refractivity contribution in [3.8, 4) is 0 Å². The monoisotopic (exact) mass is 302 g/mol. The maximum absolute atomic E-state index is 5.97. The topological polar surface area (TPSA) is 53.6 Å². The predicted octanol–water partition coefficient (Wildman–Crippen LogP) is 3.09. The zero-order valence-electron chi connectivity index (χ0n) is 12.7. The number of nitrogens with two attached hydrogens (primary N) is 1. The highest BCUT2D eigenvalue weighted by molar-refractivity contribution is 7.10. The molecule has 0 aliphatic carbocycles. The number of hydrogen-bond donors (Lipinski definition) is 2. The second-order valence-corrected chi connectivity index (χ2v) is 6.19. The van der Waals surface area contributed by atoms with E-state index in [0.717, 1.165) is 5.69 Å². The molecular formula is C16H22N4S. The van der Waals surface area contributed by atoms with Gasteiger partial charge in [-0.3, -0.25) is 4.99 Å². The van der Waals surface area contributed by atoms with Crippen molar-refractivity contribution in [3.05, 3.63) is 52.2 Å². The minimum Gasteiger partial charge on any atom is -0.370 e. The minimum absolute atomic E-state index is 0.253. The van der Waals surface area contributed by atoms with Gasteiger partial charge in [-0.05, 0) is 44.6 Å². The third-order valence-electron chi connectivity index (χ3n) is 3.25. The molecule has 1 atom stereocenters. The first-order valence-corrected chi connectivity index (χ1v) is 7.77. The average molecular weight is 302 g/mol. The van der Waals surface area contributed by atoms with Crippen molar-refractivity contribution in [2.24, 2.45) is 10.7 Å². The Hall–Kier alpha value is -1.85. The number of likely N-dealkylation sites (N-methyl/N-ethyl adjacent to an activating group) is 1. The van der Waals surface area contributed by atoms with Crippen LogP contribution in [0, 0.1) is 6.92 Å². The number of hydrogen-bond acceptors (Lipinski definition) is 3. The van der Waals surface area contributed by atoms with Crippen LogP contribution in [0.15, 0.2) is 46.8 Å². The standard InChI is InChI=1S/C16H22N4S/c1-12-6-8-13(9-7-12)19-16(17)18-11-14(20(2)3)15-5-4-10-21-15/h4-10,14H,11H2,1-3H3,(H3,17,18,19). The number of anilines is 1. The lowest BCUT2D eigenvalue weighted by Crippen LogP contribution is -2.26. The van der Waals surface area contributed by atoms with Crippen LogP contribution < -0.4 is 11.1 Å². The third kappa shape index (κ3) is 4.58. The third-order valence-corrected chi connectivity index (χ3v) is 4.23. The lowest BCUT2D eigenvalue weighted by atomic mass is 10.2. The molecule has 1 heterocycles. The molecule has 2 rings (SSSR count). The van der Waals surface area contributed by atoms with Crippen LogP contribution in [0.2, 0.25) is 0 Å². The van der Waals surface area contributed by atoms with Gasteiger partial charge in [0, 0.05) is 10.6 Å². The molecular weight excluding hydrogens is 280 g/mol. The molecule has 3 N–H and O–H groups in total. The largest absolute Gasteiger partial charge is 0.370 e. The van der Waals surface area contributed by atoms with Crippen LogP contribution in [0.4, 0.5) is 5.69 Å². The van der Waals surface area contributed by atoms with Crippen LogP contribution >= 0.6 is 11.3 Å². The van der Waals surface area contributed by atoms with E-state index in [1.807, 2.05) is 24.3 Å². The number of thiophene rings is 1. The summed E-state index contributed by atoms with van der Waals surface area (Å²) >= 11 is 1.74. The Bertz CT molecular complexity index is 573. The van der Waals surface area contributed by atoms with Gasteiger partial charge in [-0.2, -0.15) is 0 Å². The highest BCUT2D eigenvalue weighted by Gasteiger charge is 2.14. The maximum Gasteiger partial charge on any atom is 0.193 e. The van der Waals surface area contributed by atoms with Gasteiger partial charge in [0.25, 0.3) is 0 Å². The molecule has 21 heavy (non-hydrogen) atoms. The highest BCUT2D eigenvalue weighted by atomic mass is 32.1. The molecule has 1 aromatic heterocycles. The molecule has 4 nitrogen and oxygen atoms in total. The van der Waals surface area contributed by atoms with E-state index in [4.69, 9.17) is 5.73 Å². The number of nitrogens with one attached hydrogen (secondary N) is 1. The van der Waals surface area contributed by atoms with Crippen molar-refractivity contribution in [1.82, 2.24) is 4.90 Å². The first-order chi connectivity index (χ1) is 10.1. The van der Waals surface area contributed by atoms with Gasteiger partial charge in [0.2, 0.25) is 0 Å². The van der Waals surface area contributed by atoms with E-state index in [9.17, 15) is 0 Å². The second-order valence-electron chi connectivity index (χ2n) is 5.21. The summed E-state index contributed by atoms with van der Waals surface area (Å²) in [5.41, 5.74) is 8.15. The van der Waals surface area contributed by atoms with E-state index in [-0.39, 0.29) is 6.04 Å². The van der Waals surface area contributed by atoms with Gasteiger partial charge in [-0.15, -0.1) is 11.3 Å². The van der Waals surface area contributed by atoms with Crippen LogP contribution in [0.25, 0.3) is 0 Å². The number of aryl methyl sites for hydroxylation is 1. The van der Waals surface area contributed by atoms with Gasteiger partial charge in [-0.25, -0.2) is 0 Å². The van der Waals surface area contributed by atoms with Crippen molar-refractivity contribution in [1.29, 1.82) is 0 Å². The predicted molar refractivity (Wildman–Crippen MR) is 92.0 cm³/mol. The van der Waals surface area contributed by atoms with Gasteiger partial charge >= 0.3 is 0 Å². The summed E-state index contributed by atoms with van der Waals surface area (Å²) < 4.78 is 0. The molecule has 1 aromatic carbocycles. The molecule has 0 spiro atoms. The van der Waals surface area contributed by atoms with E-state index in [1.54, 1.807) is 11.3 Å². The zero-order valence-corrected chi connectivity index (χ0v) is 13.5. The fraction of sp³-hybridized carbons (Fsp3) is 0.312. The van der Waals surface area contributed by atoms with Crippen LogP contribution in [0.5, 0.6) is 0 Å². The van der Waals surface area contributed by atoms with Gasteiger partial charge in [0.15, 0.2) is 5.96 Å². The normalized spacial score (nSPS) is 13.4. The highest BCUT2D eigenvalue weighted by Crippen LogP contribution is 2.23. The number of guanidine groups is 1. The quantitative estimate of drug-likeness (QED) is 0.659. The van der Waals surface area contributed by atoms with Crippen LogP contribution in [0.1, 0.15) is 16.5 Å². The van der Waals surface area contributed by atoms with Crippen LogP contribution in [-0.2, 0) is 0 Å². The van der Waals surface area contributed by atoms with Gasteiger partial charge in [0.05, 0.1) is 12.6 Å². The van der Waals surface area contributed by atoms with Crippen molar-refractivity contribution < 1.29 is 0 Å². The van der Waals surface area contributed by atoms with Crippen molar-refractivity contribution in [2.75, 3.05) is 26.0 Å². The second kappa shape index (κ2) is 7.24. The summed E-state index contributed by atoms with van der Waals surface area (Å²) in [6.45, 7) is 2.70. The molecule has 0 saturated carbocycles. The molecule has 112 valence electrons. The van der Waals surface area contributed by atoms with E-state index in [0.29, 0.717) is 12.5 Å². The average Bonchev–Trinajstić information content (AvgIpc) is 2.95. The lowest BCUT2D eigenvalue weighted by molar-refractivity contribution is 0.311. The molecule has 0 bridgehead atoms. The van der Waals surface area contributed by atoms with E-state index < -0.39 is 0 Å². The molecule has 0 fully saturated rings. The van der Waals surface area contributed by atoms with Crippen LogP contribution in [0.3, 0.4) is 0 Å². The van der Waals surface area contributed by atoms with Gasteiger partial charge in [-0.1, -0.05) is 23.8 Å². The summed E-state index contributed by atoms with van der Waals surface area (Å²) in [5.74, 6) is 0.447. The number of nitrogens with zero attached hydrogens (tertiary/aromatic N) is 2. The minimum atomic E-state index is 0.253. The molecule has 1 unspecified atom stereocenters. The Morgan fingerprint density at radius 2 is 2.00 bits per heavy atom. The molecule has 5 heteroatoms. The summed E-state index contributed by atoms with van der Waals surface area (Å²) in [6.07, 6.45) is 0. The van der Waals surface area contributed by atoms with Crippen LogP contribution in [-0.4, -0.2) is 31.5 Å². The molecule has 2 aromatic rings. The van der Waals surface area contributed by atoms with Crippen molar-refractivity contribution in [3.63, 3.8) is 0 Å². The SMILES string of the molecule is Cc1ccc(NC(N)=NCC(c2cccs2)N(C)C)cc1. The maximum atomic E-state index is 5.97. The Morgan fingerprint density at radius 3 is 2.57 bits per heavy atom. The van der Waals surface area contributed by atoms with Crippen molar-refractivity contribution >= 4 is 23.0 Å².